The quantitative estimate of drug-likeness (QED) is 0.877. The average Bonchev–Trinajstić information content (AvgIpc) is 2.94. The molecule has 116 valence electrons. The molecule has 0 aliphatic carbocycles. The molecule has 0 bridgehead atoms. The lowest BCUT2D eigenvalue weighted by Gasteiger charge is -2.10. The molecule has 0 unspecified atom stereocenters. The summed E-state index contributed by atoms with van der Waals surface area (Å²) < 4.78 is 34.0. The zero-order valence-corrected chi connectivity index (χ0v) is 12.1. The van der Waals surface area contributed by atoms with E-state index >= 15 is 0 Å². The van der Waals surface area contributed by atoms with Crippen molar-refractivity contribution in [3.05, 3.63) is 39.8 Å². The Bertz CT molecular complexity index is 700. The molecule has 0 saturated carbocycles. The number of methoxy groups -OCH3 is 1. The first kappa shape index (κ1) is 15.9. The predicted octanol–water partition coefficient (Wildman–Crippen LogP) is 3.62. The Balaban J connectivity index is 2.21. The van der Waals surface area contributed by atoms with Crippen LogP contribution in [0.4, 0.5) is 8.78 Å². The second-order valence-corrected chi connectivity index (χ2v) is 5.05. The first-order valence-corrected chi connectivity index (χ1v) is 6.81. The van der Waals surface area contributed by atoms with Crippen molar-refractivity contribution in [2.75, 3.05) is 7.11 Å². The van der Waals surface area contributed by atoms with E-state index in [1.54, 1.807) is 18.2 Å². The van der Waals surface area contributed by atoms with Gasteiger partial charge in [-0.15, -0.1) is 11.3 Å². The van der Waals surface area contributed by atoms with Gasteiger partial charge in [0, 0.05) is 0 Å². The van der Waals surface area contributed by atoms with Gasteiger partial charge >= 0.3 is 12.6 Å². The molecule has 0 fully saturated rings. The molecule has 22 heavy (non-hydrogen) atoms. The third-order valence-electron chi connectivity index (χ3n) is 2.56. The summed E-state index contributed by atoms with van der Waals surface area (Å²) in [6.07, 6.45) is 4.46. The van der Waals surface area contributed by atoms with Crippen LogP contribution in [0.15, 0.2) is 24.4 Å². The van der Waals surface area contributed by atoms with E-state index in [1.165, 1.54) is 25.4 Å². The van der Waals surface area contributed by atoms with Gasteiger partial charge in [-0.3, -0.25) is 0 Å². The monoisotopic (exact) mass is 327 g/mol. The zero-order valence-electron chi connectivity index (χ0n) is 11.3. The molecule has 1 heterocycles. The Hall–Kier alpha value is -2.48. The lowest BCUT2D eigenvalue weighted by atomic mass is 10.2. The van der Waals surface area contributed by atoms with Crippen molar-refractivity contribution in [2.24, 2.45) is 0 Å². The van der Waals surface area contributed by atoms with E-state index in [0.717, 1.165) is 11.3 Å². The van der Waals surface area contributed by atoms with E-state index in [0.29, 0.717) is 10.6 Å². The fraction of sp³-hybridized carbons (Fsp3) is 0.143. The number of aromatic nitrogens is 1. The number of aromatic carboxylic acids is 1. The minimum atomic E-state index is -2.95. The molecule has 2 rings (SSSR count). The zero-order chi connectivity index (χ0) is 16.1. The fourth-order valence-electron chi connectivity index (χ4n) is 1.62. The molecule has 8 heteroatoms. The summed E-state index contributed by atoms with van der Waals surface area (Å²) in [6.45, 7) is -2.95. The van der Waals surface area contributed by atoms with Crippen LogP contribution in [0.25, 0.3) is 12.2 Å². The van der Waals surface area contributed by atoms with Crippen LogP contribution in [0.1, 0.15) is 20.2 Å². The summed E-state index contributed by atoms with van der Waals surface area (Å²) in [5.74, 6) is -0.931. The van der Waals surface area contributed by atoms with Crippen LogP contribution in [-0.4, -0.2) is 29.8 Å². The number of carboxylic acid groups (broad SMARTS) is 1. The maximum absolute atomic E-state index is 12.3. The largest absolute Gasteiger partial charge is 0.493 e. The second-order valence-electron chi connectivity index (χ2n) is 3.99. The molecule has 0 spiro atoms. The summed E-state index contributed by atoms with van der Waals surface area (Å²) in [5.41, 5.74) is 0.587. The van der Waals surface area contributed by atoms with Crippen molar-refractivity contribution in [3.63, 3.8) is 0 Å². The van der Waals surface area contributed by atoms with Crippen molar-refractivity contribution in [1.29, 1.82) is 0 Å². The van der Waals surface area contributed by atoms with Gasteiger partial charge in [0.15, 0.2) is 11.5 Å². The molecule has 5 nitrogen and oxygen atoms in total. The van der Waals surface area contributed by atoms with Crippen molar-refractivity contribution < 1.29 is 28.2 Å². The minimum absolute atomic E-state index is 0.0787. The fourth-order valence-corrected chi connectivity index (χ4v) is 2.28. The highest BCUT2D eigenvalue weighted by Crippen LogP contribution is 2.30. The number of hydrogen-bond acceptors (Lipinski definition) is 5. The molecule has 0 aliphatic heterocycles. The van der Waals surface area contributed by atoms with Crippen LogP contribution in [0.3, 0.4) is 0 Å². The molecule has 1 aromatic carbocycles. The van der Waals surface area contributed by atoms with Gasteiger partial charge in [-0.25, -0.2) is 9.78 Å². The van der Waals surface area contributed by atoms with Gasteiger partial charge in [-0.1, -0.05) is 12.1 Å². The summed E-state index contributed by atoms with van der Waals surface area (Å²) in [4.78, 5) is 14.8. The number of benzene rings is 1. The SMILES string of the molecule is COc1ccc(/C=C/c2ncc(C(=O)O)s2)cc1OC(F)F. The van der Waals surface area contributed by atoms with Crippen LogP contribution in [0, 0.1) is 0 Å². The van der Waals surface area contributed by atoms with Crippen LogP contribution in [0.2, 0.25) is 0 Å². The third-order valence-corrected chi connectivity index (χ3v) is 3.51. The highest BCUT2D eigenvalue weighted by Gasteiger charge is 2.11. The molecular weight excluding hydrogens is 316 g/mol. The van der Waals surface area contributed by atoms with E-state index < -0.39 is 12.6 Å². The van der Waals surface area contributed by atoms with E-state index in [9.17, 15) is 13.6 Å². The van der Waals surface area contributed by atoms with Crippen LogP contribution in [-0.2, 0) is 0 Å². The molecule has 0 radical (unpaired) electrons. The third kappa shape index (κ3) is 4.01. The second kappa shape index (κ2) is 6.99. The molecule has 0 atom stereocenters. The van der Waals surface area contributed by atoms with Gasteiger partial charge in [0.25, 0.3) is 0 Å². The van der Waals surface area contributed by atoms with Gasteiger partial charge in [0.2, 0.25) is 0 Å². The van der Waals surface area contributed by atoms with Gasteiger partial charge < -0.3 is 14.6 Å². The summed E-state index contributed by atoms with van der Waals surface area (Å²) in [7, 11) is 1.35. The first-order chi connectivity index (χ1) is 10.5. The molecule has 1 N–H and O–H groups in total. The summed E-state index contributed by atoms with van der Waals surface area (Å²) in [6, 6.07) is 4.55. The Morgan fingerprint density at radius 3 is 2.73 bits per heavy atom. The lowest BCUT2D eigenvalue weighted by Crippen LogP contribution is -2.03. The molecule has 0 saturated heterocycles. The first-order valence-electron chi connectivity index (χ1n) is 5.99. The number of carboxylic acids is 1. The van der Waals surface area contributed by atoms with E-state index in [4.69, 9.17) is 9.84 Å². The number of thiazole rings is 1. The van der Waals surface area contributed by atoms with Crippen molar-refractivity contribution >= 4 is 29.5 Å². The van der Waals surface area contributed by atoms with Crippen molar-refractivity contribution in [2.45, 2.75) is 6.61 Å². The highest BCUT2D eigenvalue weighted by molar-refractivity contribution is 7.14. The molecule has 0 aliphatic rings. The number of nitrogens with zero attached hydrogens (tertiary/aromatic N) is 1. The Labute approximate surface area is 128 Å². The number of hydrogen-bond donors (Lipinski definition) is 1. The molecular formula is C14H11F2NO4S. The topological polar surface area (TPSA) is 68.7 Å². The van der Waals surface area contributed by atoms with Crippen LogP contribution >= 0.6 is 11.3 Å². The van der Waals surface area contributed by atoms with Gasteiger partial charge in [-0.2, -0.15) is 8.78 Å². The molecule has 1 aromatic heterocycles. The molecule has 2 aromatic rings. The van der Waals surface area contributed by atoms with E-state index in [-0.39, 0.29) is 16.4 Å². The summed E-state index contributed by atoms with van der Waals surface area (Å²) >= 11 is 1.01. The number of ether oxygens (including phenoxy) is 2. The molecule has 0 amide bonds. The van der Waals surface area contributed by atoms with E-state index in [1.807, 2.05) is 0 Å². The number of rotatable bonds is 6. The predicted molar refractivity (Wildman–Crippen MR) is 77.6 cm³/mol. The minimum Gasteiger partial charge on any atom is -0.493 e. The van der Waals surface area contributed by atoms with Gasteiger partial charge in [0.05, 0.1) is 13.3 Å². The lowest BCUT2D eigenvalue weighted by molar-refractivity contribution is -0.0512. The normalized spacial score (nSPS) is 11.1. The highest BCUT2D eigenvalue weighted by atomic mass is 32.1. The van der Waals surface area contributed by atoms with Crippen LogP contribution in [0.5, 0.6) is 11.5 Å². The van der Waals surface area contributed by atoms with Gasteiger partial charge in [-0.05, 0) is 23.8 Å². The number of alkyl halides is 2. The number of carbonyl (C=O) groups is 1. The average molecular weight is 327 g/mol. The summed E-state index contributed by atoms with van der Waals surface area (Å²) in [5, 5.41) is 9.30. The van der Waals surface area contributed by atoms with Crippen LogP contribution < -0.4 is 9.47 Å². The van der Waals surface area contributed by atoms with Crippen molar-refractivity contribution in [1.82, 2.24) is 4.98 Å². The Morgan fingerprint density at radius 2 is 2.14 bits per heavy atom. The Kier molecular flexibility index (Phi) is 5.05. The standard InChI is InChI=1S/C14H11F2NO4S/c1-20-9-4-2-8(6-10(9)21-14(15)16)3-5-12-17-7-11(22-12)13(18)19/h2-7,14H,1H3,(H,18,19)/b5-3+. The maximum Gasteiger partial charge on any atom is 0.387 e. The maximum atomic E-state index is 12.3. The Morgan fingerprint density at radius 1 is 1.36 bits per heavy atom. The van der Waals surface area contributed by atoms with E-state index in [2.05, 4.69) is 9.72 Å². The van der Waals surface area contributed by atoms with Crippen molar-refractivity contribution in [3.8, 4) is 11.5 Å². The smallest absolute Gasteiger partial charge is 0.387 e. The van der Waals surface area contributed by atoms with Gasteiger partial charge in [0.1, 0.15) is 9.88 Å². The number of halogens is 2.